The molecule has 0 bridgehead atoms. The third-order valence-electron chi connectivity index (χ3n) is 2.75. The van der Waals surface area contributed by atoms with E-state index < -0.39 is 11.8 Å². The van der Waals surface area contributed by atoms with Crippen molar-refractivity contribution in [3.63, 3.8) is 0 Å². The van der Waals surface area contributed by atoms with Gasteiger partial charge in [-0.1, -0.05) is 6.07 Å². The number of ether oxygens (including phenoxy) is 1. The second kappa shape index (κ2) is 5.73. The lowest BCUT2D eigenvalue weighted by atomic mass is 10.2. The number of carboxylic acids is 1. The van der Waals surface area contributed by atoms with E-state index in [0.29, 0.717) is 11.3 Å². The van der Waals surface area contributed by atoms with Gasteiger partial charge >= 0.3 is 5.97 Å². The van der Waals surface area contributed by atoms with E-state index in [9.17, 15) is 14.3 Å². The molecule has 0 aliphatic rings. The number of halogens is 1. The molecule has 2 aromatic rings. The van der Waals surface area contributed by atoms with Crippen LogP contribution in [0.5, 0.6) is 5.75 Å². The van der Waals surface area contributed by atoms with Gasteiger partial charge in [0.05, 0.1) is 6.20 Å². The third kappa shape index (κ3) is 2.96. The minimum absolute atomic E-state index is 0.0256. The van der Waals surface area contributed by atoms with Crippen molar-refractivity contribution in [2.45, 2.75) is 26.5 Å². The van der Waals surface area contributed by atoms with Gasteiger partial charge in [0.2, 0.25) is 0 Å². The Morgan fingerprint density at radius 1 is 1.50 bits per heavy atom. The molecular weight excluding hydrogens is 263 g/mol. The first-order valence-electron chi connectivity index (χ1n) is 6.17. The third-order valence-corrected chi connectivity index (χ3v) is 2.75. The highest BCUT2D eigenvalue weighted by Crippen LogP contribution is 2.18. The predicted octanol–water partition coefficient (Wildman–Crippen LogP) is 2.88. The number of hydrogen-bond donors (Lipinski definition) is 1. The van der Waals surface area contributed by atoms with Crippen molar-refractivity contribution in [1.82, 2.24) is 9.78 Å². The highest BCUT2D eigenvalue weighted by molar-refractivity contribution is 5.87. The van der Waals surface area contributed by atoms with E-state index in [4.69, 9.17) is 4.74 Å². The number of rotatable bonds is 5. The predicted molar refractivity (Wildman–Crippen MR) is 70.3 cm³/mol. The normalized spacial score (nSPS) is 10.8. The van der Waals surface area contributed by atoms with Crippen LogP contribution in [0.1, 0.15) is 35.9 Å². The largest absolute Gasteiger partial charge is 0.489 e. The first kappa shape index (κ1) is 14.0. The topological polar surface area (TPSA) is 64.4 Å². The number of nitrogens with zero attached hydrogens (tertiary/aromatic N) is 2. The van der Waals surface area contributed by atoms with Crippen molar-refractivity contribution in [3.8, 4) is 5.75 Å². The molecule has 0 aliphatic heterocycles. The van der Waals surface area contributed by atoms with E-state index in [1.807, 2.05) is 13.8 Å². The molecule has 1 heterocycles. The van der Waals surface area contributed by atoms with Gasteiger partial charge in [0.15, 0.2) is 5.69 Å². The second-order valence-corrected chi connectivity index (χ2v) is 4.61. The maximum atomic E-state index is 13.0. The number of hydrogen-bond acceptors (Lipinski definition) is 3. The van der Waals surface area contributed by atoms with Crippen LogP contribution in [0.3, 0.4) is 0 Å². The second-order valence-electron chi connectivity index (χ2n) is 4.61. The number of carbonyl (C=O) groups is 1. The van der Waals surface area contributed by atoms with Gasteiger partial charge in [0.1, 0.15) is 18.2 Å². The summed E-state index contributed by atoms with van der Waals surface area (Å²) in [6, 6.07) is 5.63. The van der Waals surface area contributed by atoms with Crippen LogP contribution in [0.15, 0.2) is 30.5 Å². The van der Waals surface area contributed by atoms with E-state index >= 15 is 0 Å². The molecule has 0 aliphatic carbocycles. The van der Waals surface area contributed by atoms with E-state index in [0.717, 1.165) is 0 Å². The highest BCUT2D eigenvalue weighted by atomic mass is 19.1. The van der Waals surface area contributed by atoms with Crippen molar-refractivity contribution < 1.29 is 19.0 Å². The molecule has 0 atom stereocenters. The molecule has 1 N–H and O–H groups in total. The maximum absolute atomic E-state index is 13.0. The van der Waals surface area contributed by atoms with Crippen LogP contribution in [-0.2, 0) is 6.61 Å². The van der Waals surface area contributed by atoms with Crippen LogP contribution in [0.4, 0.5) is 4.39 Å². The Morgan fingerprint density at radius 2 is 2.25 bits per heavy atom. The van der Waals surface area contributed by atoms with Crippen molar-refractivity contribution in [1.29, 1.82) is 0 Å². The first-order chi connectivity index (χ1) is 9.49. The van der Waals surface area contributed by atoms with Crippen molar-refractivity contribution in [2.24, 2.45) is 0 Å². The number of aromatic carboxylic acids is 1. The fourth-order valence-electron chi connectivity index (χ4n) is 1.85. The Labute approximate surface area is 115 Å². The summed E-state index contributed by atoms with van der Waals surface area (Å²) in [5.74, 6) is -1.12. The zero-order chi connectivity index (χ0) is 14.7. The molecule has 1 aromatic carbocycles. The van der Waals surface area contributed by atoms with E-state index in [-0.39, 0.29) is 18.3 Å². The molecule has 20 heavy (non-hydrogen) atoms. The van der Waals surface area contributed by atoms with Gasteiger partial charge in [-0.2, -0.15) is 5.10 Å². The lowest BCUT2D eigenvalue weighted by molar-refractivity contribution is 0.0678. The molecule has 0 unspecified atom stereocenters. The summed E-state index contributed by atoms with van der Waals surface area (Å²) in [7, 11) is 0. The SMILES string of the molecule is CC(C)n1ncc(COc2cccc(F)c2)c1C(=O)O. The minimum atomic E-state index is -1.06. The van der Waals surface area contributed by atoms with Crippen LogP contribution in [-0.4, -0.2) is 20.9 Å². The lowest BCUT2D eigenvalue weighted by Crippen LogP contribution is -2.14. The van der Waals surface area contributed by atoms with Crippen LogP contribution < -0.4 is 4.74 Å². The molecule has 0 saturated carbocycles. The standard InChI is InChI=1S/C14H15FN2O3/c1-9(2)17-13(14(18)19)10(7-16-17)8-20-12-5-3-4-11(15)6-12/h3-7,9H,8H2,1-2H3,(H,18,19). The van der Waals surface area contributed by atoms with Gasteiger partial charge in [-0.25, -0.2) is 9.18 Å². The molecule has 0 radical (unpaired) electrons. The van der Waals surface area contributed by atoms with Crippen LogP contribution in [0.2, 0.25) is 0 Å². The summed E-state index contributed by atoms with van der Waals surface area (Å²) in [6.07, 6.45) is 1.46. The molecule has 2 rings (SSSR count). The monoisotopic (exact) mass is 278 g/mol. The molecule has 0 fully saturated rings. The summed E-state index contributed by atoms with van der Waals surface area (Å²) in [4.78, 5) is 11.3. The molecule has 106 valence electrons. The zero-order valence-electron chi connectivity index (χ0n) is 11.2. The first-order valence-corrected chi connectivity index (χ1v) is 6.17. The van der Waals surface area contributed by atoms with Crippen molar-refractivity contribution in [2.75, 3.05) is 0 Å². The number of carboxylic acid groups (broad SMARTS) is 1. The Hall–Kier alpha value is -2.37. The Kier molecular flexibility index (Phi) is 4.02. The summed E-state index contributed by atoms with van der Waals surface area (Å²) in [6.45, 7) is 3.71. The molecule has 0 spiro atoms. The molecule has 5 nitrogen and oxygen atoms in total. The Balaban J connectivity index is 2.19. The smallest absolute Gasteiger partial charge is 0.354 e. The zero-order valence-corrected chi connectivity index (χ0v) is 11.2. The number of aromatic nitrogens is 2. The van der Waals surface area contributed by atoms with E-state index in [1.54, 1.807) is 6.07 Å². The summed E-state index contributed by atoms with van der Waals surface area (Å²) in [5.41, 5.74) is 0.548. The van der Waals surface area contributed by atoms with Crippen molar-refractivity contribution >= 4 is 5.97 Å². The Morgan fingerprint density at radius 3 is 2.85 bits per heavy atom. The molecular formula is C14H15FN2O3. The summed E-state index contributed by atoms with van der Waals surface area (Å²) >= 11 is 0. The average Bonchev–Trinajstić information content (AvgIpc) is 2.80. The quantitative estimate of drug-likeness (QED) is 0.913. The van der Waals surface area contributed by atoms with Crippen molar-refractivity contribution in [3.05, 3.63) is 47.5 Å². The summed E-state index contributed by atoms with van der Waals surface area (Å²) in [5, 5.41) is 13.3. The van der Waals surface area contributed by atoms with E-state index in [2.05, 4.69) is 5.10 Å². The van der Waals surface area contributed by atoms with Gasteiger partial charge in [-0.3, -0.25) is 4.68 Å². The van der Waals surface area contributed by atoms with Gasteiger partial charge < -0.3 is 9.84 Å². The Bertz CT molecular complexity index is 623. The fraction of sp³-hybridized carbons (Fsp3) is 0.286. The average molecular weight is 278 g/mol. The maximum Gasteiger partial charge on any atom is 0.354 e. The molecule has 6 heteroatoms. The number of benzene rings is 1. The molecule has 0 saturated heterocycles. The molecule has 1 aromatic heterocycles. The van der Waals surface area contributed by atoms with Crippen LogP contribution in [0, 0.1) is 5.82 Å². The van der Waals surface area contributed by atoms with Gasteiger partial charge in [0.25, 0.3) is 0 Å². The minimum Gasteiger partial charge on any atom is -0.489 e. The molecule has 0 amide bonds. The van der Waals surface area contributed by atoms with Crippen LogP contribution in [0.25, 0.3) is 0 Å². The van der Waals surface area contributed by atoms with Gasteiger partial charge in [0, 0.05) is 17.7 Å². The van der Waals surface area contributed by atoms with Gasteiger partial charge in [-0.15, -0.1) is 0 Å². The summed E-state index contributed by atoms with van der Waals surface area (Å²) < 4.78 is 19.8. The van der Waals surface area contributed by atoms with Crippen LogP contribution >= 0.6 is 0 Å². The fourth-order valence-corrected chi connectivity index (χ4v) is 1.85. The highest BCUT2D eigenvalue weighted by Gasteiger charge is 2.19. The van der Waals surface area contributed by atoms with Gasteiger partial charge in [-0.05, 0) is 26.0 Å². The lowest BCUT2D eigenvalue weighted by Gasteiger charge is -2.10. The van der Waals surface area contributed by atoms with E-state index in [1.165, 1.54) is 29.1 Å².